The van der Waals surface area contributed by atoms with E-state index >= 15 is 4.39 Å². The number of carbonyl (C=O) groups excluding carboxylic acids is 1. The highest BCUT2D eigenvalue weighted by Gasteiger charge is 2.60. The van der Waals surface area contributed by atoms with E-state index in [9.17, 15) is 10.1 Å². The summed E-state index contributed by atoms with van der Waals surface area (Å²) in [6.07, 6.45) is -1.27. The van der Waals surface area contributed by atoms with Gasteiger partial charge in [0, 0.05) is 39.9 Å². The van der Waals surface area contributed by atoms with Gasteiger partial charge in [-0.15, -0.1) is 10.2 Å². The van der Waals surface area contributed by atoms with Gasteiger partial charge in [-0.3, -0.25) is 16.1 Å². The lowest BCUT2D eigenvalue weighted by Gasteiger charge is -2.37. The molecule has 9 nitrogen and oxygen atoms in total. The Hall–Kier alpha value is -3.88. The van der Waals surface area contributed by atoms with Crippen LogP contribution < -0.4 is 21.6 Å². The number of hydrogen-bond acceptors (Lipinski definition) is 8. The smallest absolute Gasteiger partial charge is 0.413 e. The zero-order valence-electron chi connectivity index (χ0n) is 25.0. The quantitative estimate of drug-likeness (QED) is 0.241. The van der Waals surface area contributed by atoms with Crippen LogP contribution in [0, 0.1) is 29.5 Å². The summed E-state index contributed by atoms with van der Waals surface area (Å²) in [7, 11) is 1.78. The van der Waals surface area contributed by atoms with E-state index in [1.54, 1.807) is 60.7 Å². The largest absolute Gasteiger partial charge is 0.429 e. The molecule has 5 rings (SSSR count). The zero-order valence-corrected chi connectivity index (χ0v) is 26.5. The summed E-state index contributed by atoms with van der Waals surface area (Å²) >= 11 is 12.7. The summed E-state index contributed by atoms with van der Waals surface area (Å²) in [5.74, 6) is -0.806. The van der Waals surface area contributed by atoms with E-state index in [0.29, 0.717) is 34.1 Å². The van der Waals surface area contributed by atoms with Crippen molar-refractivity contribution < 1.29 is 13.9 Å². The fourth-order valence-electron chi connectivity index (χ4n) is 6.01. The monoisotopic (exact) mass is 637 g/mol. The number of nitrogens with one attached hydrogen (secondary N) is 4. The number of anilines is 1. The lowest BCUT2D eigenvalue weighted by molar-refractivity contribution is 0.0857. The molecule has 1 amide bonds. The van der Waals surface area contributed by atoms with Crippen molar-refractivity contribution >= 4 is 40.8 Å². The van der Waals surface area contributed by atoms with Gasteiger partial charge < -0.3 is 4.74 Å². The van der Waals surface area contributed by atoms with Gasteiger partial charge in [-0.05, 0) is 72.4 Å². The van der Waals surface area contributed by atoms with E-state index in [2.05, 4.69) is 32.8 Å². The number of rotatable bonds is 6. The molecule has 0 aromatic heterocycles. The van der Waals surface area contributed by atoms with Crippen LogP contribution in [0.3, 0.4) is 0 Å². The van der Waals surface area contributed by atoms with Gasteiger partial charge in [0.25, 0.3) is 0 Å². The average molecular weight is 639 g/mol. The Morgan fingerprint density at radius 1 is 1.18 bits per heavy atom. The number of nitriles is 1. The number of amidine groups is 1. The number of nitrogens with zero attached hydrogens (tertiary/aromatic N) is 3. The van der Waals surface area contributed by atoms with Crippen LogP contribution in [0.5, 0.6) is 0 Å². The Morgan fingerprint density at radius 3 is 2.52 bits per heavy atom. The first-order valence-corrected chi connectivity index (χ1v) is 14.9. The van der Waals surface area contributed by atoms with Crippen molar-refractivity contribution in [3.8, 4) is 6.07 Å². The summed E-state index contributed by atoms with van der Waals surface area (Å²) in [5, 5.41) is 23.7. The molecule has 2 aliphatic rings. The Bertz CT molecular complexity index is 1640. The molecule has 2 heterocycles. The molecule has 0 radical (unpaired) electrons. The number of hydrogen-bond donors (Lipinski definition) is 4. The molecule has 2 aliphatic heterocycles. The fourth-order valence-corrected chi connectivity index (χ4v) is 6.35. The Morgan fingerprint density at radius 2 is 1.91 bits per heavy atom. The number of halogens is 3. The second-order valence-electron chi connectivity index (χ2n) is 12.3. The number of benzene rings is 3. The highest BCUT2D eigenvalue weighted by Crippen LogP contribution is 2.53. The topological polar surface area (TPSA) is 114 Å². The minimum atomic E-state index is -1.49. The lowest BCUT2D eigenvalue weighted by Crippen LogP contribution is -2.44. The molecular weight excluding hydrogens is 604 g/mol. The Kier molecular flexibility index (Phi) is 8.78. The molecule has 0 aliphatic carbocycles. The van der Waals surface area contributed by atoms with Crippen LogP contribution in [0.4, 0.5) is 14.9 Å². The first kappa shape index (κ1) is 31.5. The maximum Gasteiger partial charge on any atom is 0.413 e. The summed E-state index contributed by atoms with van der Waals surface area (Å²) in [5.41, 5.74) is 6.92. The minimum absolute atomic E-state index is 0.168. The van der Waals surface area contributed by atoms with Gasteiger partial charge in [0.1, 0.15) is 11.2 Å². The molecule has 3 aromatic carbocycles. The standard InChI is InChI=1S/C32H34Cl2FN7O2/c1-18-22(7-6-8-24(18)34)27-29(44-30(43)37-21-12-9-19(10-13-21)28-39-41-42(5)40-28)38-26(16-31(2,3)4)32(27,17-36)23-14-11-20(33)15-25(23)35/h6-15,26-27,29,38,41H,16H2,1-5H3,(H,37,43)(H,39,40)/t26-,27-,29+,32-/m0/s1. The fraction of sp³-hybridized carbons (Fsp3) is 0.344. The molecule has 1 saturated heterocycles. The predicted octanol–water partition coefficient (Wildman–Crippen LogP) is 6.59. The van der Waals surface area contributed by atoms with Crippen LogP contribution >= 0.6 is 23.2 Å². The van der Waals surface area contributed by atoms with Gasteiger partial charge in [-0.1, -0.05) is 62.2 Å². The molecule has 4 atom stereocenters. The molecule has 0 bridgehead atoms. The summed E-state index contributed by atoms with van der Waals surface area (Å²) in [6.45, 7) is 7.96. The van der Waals surface area contributed by atoms with E-state index < -0.39 is 35.5 Å². The summed E-state index contributed by atoms with van der Waals surface area (Å²) in [6, 6.07) is 18.6. The minimum Gasteiger partial charge on any atom is -0.429 e. The molecule has 0 unspecified atom stereocenters. The van der Waals surface area contributed by atoms with Crippen LogP contribution in [0.2, 0.25) is 10.0 Å². The van der Waals surface area contributed by atoms with Gasteiger partial charge in [-0.25, -0.2) is 14.7 Å². The first-order valence-electron chi connectivity index (χ1n) is 14.1. The van der Waals surface area contributed by atoms with Gasteiger partial charge in [0.05, 0.1) is 12.0 Å². The van der Waals surface area contributed by atoms with E-state index in [1.165, 1.54) is 6.07 Å². The number of hydrazine groups is 2. The van der Waals surface area contributed by atoms with Crippen molar-refractivity contribution in [3.05, 3.63) is 98.8 Å². The molecule has 3 aromatic rings. The van der Waals surface area contributed by atoms with Crippen LogP contribution in [-0.4, -0.2) is 36.4 Å². The third-order valence-electron chi connectivity index (χ3n) is 7.96. The van der Waals surface area contributed by atoms with Gasteiger partial charge in [-0.2, -0.15) is 5.26 Å². The normalized spacial score (nSPS) is 23.3. The maximum absolute atomic E-state index is 15.8. The van der Waals surface area contributed by atoms with Crippen LogP contribution in [0.1, 0.15) is 55.4 Å². The average Bonchev–Trinajstić information content (AvgIpc) is 3.51. The third-order valence-corrected chi connectivity index (χ3v) is 8.60. The molecule has 0 spiro atoms. The Balaban J connectivity index is 1.53. The van der Waals surface area contributed by atoms with Crippen LogP contribution in [0.25, 0.3) is 0 Å². The van der Waals surface area contributed by atoms with E-state index in [1.807, 2.05) is 33.8 Å². The molecular formula is C32H34Cl2FN7O2. The summed E-state index contributed by atoms with van der Waals surface area (Å²) in [4.78, 5) is 13.4. The molecule has 44 heavy (non-hydrogen) atoms. The molecule has 12 heteroatoms. The van der Waals surface area contributed by atoms with Crippen molar-refractivity contribution in [2.24, 2.45) is 10.5 Å². The van der Waals surface area contributed by atoms with Crippen molar-refractivity contribution in [2.75, 3.05) is 12.4 Å². The van der Waals surface area contributed by atoms with Gasteiger partial charge in [0.2, 0.25) is 0 Å². The van der Waals surface area contributed by atoms with Crippen molar-refractivity contribution in [1.82, 2.24) is 21.4 Å². The molecule has 230 valence electrons. The lowest BCUT2D eigenvalue weighted by atomic mass is 9.63. The number of ether oxygens (including phenoxy) is 1. The SMILES string of the molecule is Cc1c(Cl)cccc1[C@H]1[C@@H](OC(=O)Nc2ccc(C3=NNN(C)N3)cc2)N[C@@H](CC(C)(C)C)[C@]1(C#N)c1ccc(Cl)cc1F. The predicted molar refractivity (Wildman–Crippen MR) is 170 cm³/mol. The van der Waals surface area contributed by atoms with Gasteiger partial charge >= 0.3 is 6.09 Å². The highest BCUT2D eigenvalue weighted by molar-refractivity contribution is 6.31. The molecule has 0 saturated carbocycles. The number of carbonyl (C=O) groups is 1. The van der Waals surface area contributed by atoms with Crippen molar-refractivity contribution in [2.45, 2.75) is 57.7 Å². The van der Waals surface area contributed by atoms with E-state index in [4.69, 9.17) is 27.9 Å². The second kappa shape index (κ2) is 12.3. The van der Waals surface area contributed by atoms with E-state index in [-0.39, 0.29) is 16.0 Å². The van der Waals surface area contributed by atoms with Gasteiger partial charge in [0.15, 0.2) is 12.1 Å². The van der Waals surface area contributed by atoms with Crippen LogP contribution in [0.15, 0.2) is 65.8 Å². The highest BCUT2D eigenvalue weighted by atomic mass is 35.5. The third kappa shape index (κ3) is 6.19. The first-order chi connectivity index (χ1) is 20.8. The zero-order chi connectivity index (χ0) is 31.8. The van der Waals surface area contributed by atoms with Crippen molar-refractivity contribution in [3.63, 3.8) is 0 Å². The van der Waals surface area contributed by atoms with E-state index in [0.717, 1.165) is 5.56 Å². The van der Waals surface area contributed by atoms with Crippen LogP contribution in [-0.2, 0) is 10.2 Å². The van der Waals surface area contributed by atoms with Crippen molar-refractivity contribution in [1.29, 1.82) is 5.26 Å². The molecule has 4 N–H and O–H groups in total. The molecule has 1 fully saturated rings. The summed E-state index contributed by atoms with van der Waals surface area (Å²) < 4.78 is 21.9. The Labute approximate surface area is 266 Å². The number of hydrazone groups is 1. The number of amides is 1. The maximum atomic E-state index is 15.8. The second-order valence-corrected chi connectivity index (χ2v) is 13.1.